The fraction of sp³-hybridized carbons (Fsp3) is 0.250. The molecule has 1 aromatic carbocycles. The van der Waals surface area contributed by atoms with Crippen LogP contribution < -0.4 is 0 Å². The summed E-state index contributed by atoms with van der Waals surface area (Å²) >= 11 is 9.17. The molecule has 0 unspecified atom stereocenters. The first-order valence-corrected chi connectivity index (χ1v) is 4.37. The fourth-order valence-electron chi connectivity index (χ4n) is 0.809. The highest BCUT2D eigenvalue weighted by Gasteiger charge is 2.01. The van der Waals surface area contributed by atoms with Gasteiger partial charge in [0.05, 0.1) is 6.61 Å². The second-order valence-corrected chi connectivity index (χ2v) is 3.61. The van der Waals surface area contributed by atoms with Gasteiger partial charge in [0.2, 0.25) is 0 Å². The van der Waals surface area contributed by atoms with Gasteiger partial charge in [-0.1, -0.05) is 27.5 Å². The number of rotatable bonds is 1. The molecule has 3 heteroatoms. The molecule has 0 amide bonds. The third-order valence-electron chi connectivity index (χ3n) is 1.50. The number of aliphatic hydroxyl groups excluding tert-OH is 1. The van der Waals surface area contributed by atoms with Crippen molar-refractivity contribution >= 4 is 27.5 Å². The standard InChI is InChI=1S/C8H8BrClO/c1-5-2-8(10)6(4-11)3-7(5)9/h2-3,11H,4H2,1H3. The molecule has 0 spiro atoms. The van der Waals surface area contributed by atoms with Gasteiger partial charge in [-0.2, -0.15) is 0 Å². The van der Waals surface area contributed by atoms with Gasteiger partial charge in [0, 0.05) is 9.50 Å². The van der Waals surface area contributed by atoms with Gasteiger partial charge in [0.15, 0.2) is 0 Å². The molecule has 1 rings (SSSR count). The van der Waals surface area contributed by atoms with Crippen LogP contribution >= 0.6 is 27.5 Å². The van der Waals surface area contributed by atoms with Gasteiger partial charge in [-0.25, -0.2) is 0 Å². The summed E-state index contributed by atoms with van der Waals surface area (Å²) in [5.74, 6) is 0. The minimum Gasteiger partial charge on any atom is -0.392 e. The molecule has 1 N–H and O–H groups in total. The molecule has 0 fully saturated rings. The van der Waals surface area contributed by atoms with Crippen LogP contribution in [0.25, 0.3) is 0 Å². The summed E-state index contributed by atoms with van der Waals surface area (Å²) in [6.45, 7) is 1.94. The van der Waals surface area contributed by atoms with E-state index >= 15 is 0 Å². The van der Waals surface area contributed by atoms with E-state index in [1.165, 1.54) is 0 Å². The average molecular weight is 236 g/mol. The molecule has 60 valence electrons. The summed E-state index contributed by atoms with van der Waals surface area (Å²) in [5, 5.41) is 9.45. The number of aliphatic hydroxyl groups is 1. The predicted molar refractivity (Wildman–Crippen MR) is 49.8 cm³/mol. The Hall–Kier alpha value is -0.0500. The maximum absolute atomic E-state index is 8.83. The van der Waals surface area contributed by atoms with Crippen molar-refractivity contribution in [1.29, 1.82) is 0 Å². The molecule has 0 aliphatic heterocycles. The molecule has 0 saturated heterocycles. The Balaban J connectivity index is 3.21. The van der Waals surface area contributed by atoms with Crippen LogP contribution in [0.1, 0.15) is 11.1 Å². The molecule has 0 heterocycles. The molecule has 1 aromatic rings. The topological polar surface area (TPSA) is 20.2 Å². The first kappa shape index (κ1) is 9.04. The van der Waals surface area contributed by atoms with Crippen LogP contribution in [0.3, 0.4) is 0 Å². The molecule has 0 aromatic heterocycles. The average Bonchev–Trinajstić information content (AvgIpc) is 1.97. The quantitative estimate of drug-likeness (QED) is 0.793. The Morgan fingerprint density at radius 3 is 2.73 bits per heavy atom. The normalized spacial score (nSPS) is 10.2. The van der Waals surface area contributed by atoms with Crippen LogP contribution in [-0.2, 0) is 6.61 Å². The summed E-state index contributed by atoms with van der Waals surface area (Å²) in [7, 11) is 0. The van der Waals surface area contributed by atoms with Crippen LogP contribution in [0.2, 0.25) is 5.02 Å². The lowest BCUT2D eigenvalue weighted by Crippen LogP contribution is -1.86. The zero-order valence-electron chi connectivity index (χ0n) is 6.06. The molecule has 0 aliphatic carbocycles. The van der Waals surface area contributed by atoms with Crippen molar-refractivity contribution in [3.05, 3.63) is 32.8 Å². The molecular formula is C8H8BrClO. The summed E-state index contributed by atoms with van der Waals surface area (Å²) in [6, 6.07) is 3.66. The van der Waals surface area contributed by atoms with Crippen LogP contribution in [0, 0.1) is 6.92 Å². The Morgan fingerprint density at radius 1 is 1.55 bits per heavy atom. The van der Waals surface area contributed by atoms with Crippen molar-refractivity contribution in [2.45, 2.75) is 13.5 Å². The summed E-state index contributed by atoms with van der Waals surface area (Å²) in [6.07, 6.45) is 0. The maximum Gasteiger partial charge on any atom is 0.0696 e. The zero-order chi connectivity index (χ0) is 8.43. The van der Waals surface area contributed by atoms with Crippen molar-refractivity contribution in [2.75, 3.05) is 0 Å². The second-order valence-electron chi connectivity index (χ2n) is 2.35. The SMILES string of the molecule is Cc1cc(Cl)c(CO)cc1Br. The second kappa shape index (κ2) is 3.57. The van der Waals surface area contributed by atoms with Crippen LogP contribution in [0.4, 0.5) is 0 Å². The fourth-order valence-corrected chi connectivity index (χ4v) is 1.48. The highest BCUT2D eigenvalue weighted by molar-refractivity contribution is 9.10. The van der Waals surface area contributed by atoms with Crippen molar-refractivity contribution in [3.63, 3.8) is 0 Å². The summed E-state index contributed by atoms with van der Waals surface area (Å²) in [4.78, 5) is 0. The van der Waals surface area contributed by atoms with Gasteiger partial charge in [-0.15, -0.1) is 0 Å². The van der Waals surface area contributed by atoms with Crippen LogP contribution in [0.15, 0.2) is 16.6 Å². The highest BCUT2D eigenvalue weighted by Crippen LogP contribution is 2.24. The van der Waals surface area contributed by atoms with Gasteiger partial charge in [-0.05, 0) is 30.2 Å². The molecule has 0 aliphatic rings. The van der Waals surface area contributed by atoms with Gasteiger partial charge < -0.3 is 5.11 Å². The third kappa shape index (κ3) is 1.95. The number of aryl methyl sites for hydroxylation is 1. The molecule has 0 atom stereocenters. The largest absolute Gasteiger partial charge is 0.392 e. The Labute approximate surface area is 79.1 Å². The van der Waals surface area contributed by atoms with Crippen molar-refractivity contribution < 1.29 is 5.11 Å². The van der Waals surface area contributed by atoms with E-state index in [1.807, 2.05) is 19.1 Å². The highest BCUT2D eigenvalue weighted by atomic mass is 79.9. The summed E-state index contributed by atoms with van der Waals surface area (Å²) < 4.78 is 0.978. The Morgan fingerprint density at radius 2 is 2.18 bits per heavy atom. The van der Waals surface area contributed by atoms with Crippen LogP contribution in [-0.4, -0.2) is 5.11 Å². The Bertz CT molecular complexity index is 273. The molecule has 1 nitrogen and oxygen atoms in total. The molecule has 0 saturated carbocycles. The smallest absolute Gasteiger partial charge is 0.0696 e. The molecular weight excluding hydrogens is 227 g/mol. The van der Waals surface area contributed by atoms with Crippen molar-refractivity contribution in [3.8, 4) is 0 Å². The van der Waals surface area contributed by atoms with Crippen LogP contribution in [0.5, 0.6) is 0 Å². The lowest BCUT2D eigenvalue weighted by Gasteiger charge is -2.03. The number of benzene rings is 1. The molecule has 11 heavy (non-hydrogen) atoms. The lowest BCUT2D eigenvalue weighted by molar-refractivity contribution is 0.282. The van der Waals surface area contributed by atoms with Gasteiger partial charge in [0.1, 0.15) is 0 Å². The van der Waals surface area contributed by atoms with E-state index < -0.39 is 0 Å². The third-order valence-corrected chi connectivity index (χ3v) is 2.70. The number of halogens is 2. The van der Waals surface area contributed by atoms with E-state index in [0.717, 1.165) is 15.6 Å². The van der Waals surface area contributed by atoms with E-state index in [9.17, 15) is 0 Å². The zero-order valence-corrected chi connectivity index (χ0v) is 8.41. The number of hydrogen-bond acceptors (Lipinski definition) is 1. The lowest BCUT2D eigenvalue weighted by atomic mass is 10.2. The van der Waals surface area contributed by atoms with Gasteiger partial charge >= 0.3 is 0 Å². The van der Waals surface area contributed by atoms with Gasteiger partial charge in [-0.3, -0.25) is 0 Å². The minimum absolute atomic E-state index is 0.0162. The Kier molecular flexibility index (Phi) is 2.93. The van der Waals surface area contributed by atoms with Crippen molar-refractivity contribution in [1.82, 2.24) is 0 Å². The van der Waals surface area contributed by atoms with E-state index in [0.29, 0.717) is 5.02 Å². The predicted octanol–water partition coefficient (Wildman–Crippen LogP) is 2.90. The van der Waals surface area contributed by atoms with E-state index in [2.05, 4.69) is 15.9 Å². The summed E-state index contributed by atoms with van der Waals surface area (Å²) in [5.41, 5.74) is 1.83. The van der Waals surface area contributed by atoms with E-state index in [4.69, 9.17) is 16.7 Å². The first-order chi connectivity index (χ1) is 5.15. The number of hydrogen-bond donors (Lipinski definition) is 1. The van der Waals surface area contributed by atoms with E-state index in [-0.39, 0.29) is 6.61 Å². The van der Waals surface area contributed by atoms with Crippen molar-refractivity contribution in [2.24, 2.45) is 0 Å². The maximum atomic E-state index is 8.83. The monoisotopic (exact) mass is 234 g/mol. The molecule has 0 bridgehead atoms. The van der Waals surface area contributed by atoms with Gasteiger partial charge in [0.25, 0.3) is 0 Å². The molecule has 0 radical (unpaired) electrons. The first-order valence-electron chi connectivity index (χ1n) is 3.20. The minimum atomic E-state index is -0.0162. The van der Waals surface area contributed by atoms with E-state index in [1.54, 1.807) is 0 Å².